The van der Waals surface area contributed by atoms with Crippen LogP contribution in [0.2, 0.25) is 0 Å². The summed E-state index contributed by atoms with van der Waals surface area (Å²) in [5, 5.41) is 7.60. The van der Waals surface area contributed by atoms with Crippen LogP contribution in [0.25, 0.3) is 0 Å². The SMILES string of the molecule is C=CC(=O)O.[Cl][Mg][CH2]c1ccccc1. The molecule has 0 atom stereocenters. The zero-order valence-corrected chi connectivity index (χ0v) is 9.99. The second-order valence-corrected chi connectivity index (χ2v) is 4.48. The van der Waals surface area contributed by atoms with Gasteiger partial charge in [-0.25, -0.2) is 4.79 Å². The highest BCUT2D eigenvalue weighted by molar-refractivity contribution is 6.93. The van der Waals surface area contributed by atoms with Gasteiger partial charge in [-0.1, -0.05) is 47.0 Å². The molecule has 4 heteroatoms. The van der Waals surface area contributed by atoms with Crippen LogP contribution >= 0.6 is 9.07 Å². The van der Waals surface area contributed by atoms with Crippen molar-refractivity contribution in [2.24, 2.45) is 0 Å². The van der Waals surface area contributed by atoms with Crippen LogP contribution in [0.5, 0.6) is 0 Å². The molecule has 0 saturated heterocycles. The van der Waals surface area contributed by atoms with Gasteiger partial charge in [0.05, 0.1) is 0 Å². The van der Waals surface area contributed by atoms with E-state index in [4.69, 9.17) is 14.2 Å². The molecule has 0 amide bonds. The minimum Gasteiger partial charge on any atom is -0.478 e. The number of carboxylic acids is 1. The van der Waals surface area contributed by atoms with E-state index in [0.29, 0.717) is 0 Å². The van der Waals surface area contributed by atoms with Crippen LogP contribution in [0.3, 0.4) is 0 Å². The van der Waals surface area contributed by atoms with Crippen molar-refractivity contribution in [3.05, 3.63) is 48.6 Å². The third-order valence-corrected chi connectivity index (χ3v) is 2.73. The summed E-state index contributed by atoms with van der Waals surface area (Å²) in [6.07, 6.45) is 0.833. The number of hydrogen-bond acceptors (Lipinski definition) is 1. The number of aliphatic carboxylic acids is 1. The summed E-state index contributed by atoms with van der Waals surface area (Å²) in [4.78, 5) is 9.25. The Balaban J connectivity index is 0.000000292. The summed E-state index contributed by atoms with van der Waals surface area (Å²) < 4.78 is 1.11. The first-order valence-corrected chi connectivity index (χ1v) is 7.29. The van der Waals surface area contributed by atoms with Gasteiger partial charge < -0.3 is 14.2 Å². The highest BCUT2D eigenvalue weighted by Crippen LogP contribution is 1.98. The minimum atomic E-state index is -0.981. The van der Waals surface area contributed by atoms with Gasteiger partial charge in [0, 0.05) is 6.08 Å². The summed E-state index contributed by atoms with van der Waals surface area (Å²) in [5.74, 6) is -0.981. The van der Waals surface area contributed by atoms with Gasteiger partial charge in [0.15, 0.2) is 0 Å². The van der Waals surface area contributed by atoms with E-state index >= 15 is 0 Å². The van der Waals surface area contributed by atoms with Crippen LogP contribution in [-0.4, -0.2) is 30.3 Å². The number of carboxylic acid groups (broad SMARTS) is 1. The van der Waals surface area contributed by atoms with E-state index in [0.717, 1.165) is 10.6 Å². The molecule has 14 heavy (non-hydrogen) atoms. The largest absolute Gasteiger partial charge is 0.505 e. The Morgan fingerprint density at radius 3 is 2.36 bits per heavy atom. The Morgan fingerprint density at radius 2 is 2.00 bits per heavy atom. The molecule has 0 aliphatic rings. The molecule has 1 N–H and O–H groups in total. The molecule has 72 valence electrons. The predicted molar refractivity (Wildman–Crippen MR) is 59.6 cm³/mol. The lowest BCUT2D eigenvalue weighted by Crippen LogP contribution is -1.86. The first-order chi connectivity index (χ1) is 6.70. The van der Waals surface area contributed by atoms with E-state index in [1.54, 1.807) is 0 Å². The van der Waals surface area contributed by atoms with Gasteiger partial charge in [-0.3, -0.25) is 0 Å². The number of carbonyl (C=O) groups is 1. The molecule has 1 aromatic rings. The smallest absolute Gasteiger partial charge is 0.478 e. The zero-order chi connectivity index (χ0) is 10.8. The van der Waals surface area contributed by atoms with Crippen molar-refractivity contribution < 1.29 is 9.90 Å². The lowest BCUT2D eigenvalue weighted by Gasteiger charge is -1.92. The van der Waals surface area contributed by atoms with Crippen molar-refractivity contribution in [2.75, 3.05) is 0 Å². The molecule has 2 nitrogen and oxygen atoms in total. The third-order valence-electron chi connectivity index (χ3n) is 1.40. The summed E-state index contributed by atoms with van der Waals surface area (Å²) in [5.41, 5.74) is 1.37. The number of hydrogen-bond donors (Lipinski definition) is 1. The molecule has 0 spiro atoms. The fourth-order valence-electron chi connectivity index (χ4n) is 0.754. The number of halogens is 1. The van der Waals surface area contributed by atoms with Gasteiger partial charge in [0.1, 0.15) is 0 Å². The van der Waals surface area contributed by atoms with E-state index in [1.807, 2.05) is 6.07 Å². The number of benzene rings is 1. The van der Waals surface area contributed by atoms with Gasteiger partial charge in [-0.2, -0.15) is 0 Å². The van der Waals surface area contributed by atoms with Crippen LogP contribution < -0.4 is 0 Å². The van der Waals surface area contributed by atoms with Crippen LogP contribution in [0, 0.1) is 0 Å². The molecule has 0 unspecified atom stereocenters. The van der Waals surface area contributed by atoms with Crippen LogP contribution in [0.1, 0.15) is 5.56 Å². The standard InChI is InChI=1S/C7H7.C3H4O2.ClH.Mg/c1-7-5-3-2-4-6-7;1-2-3(4)5;;/h2-6H,1H2;2H,1H2,(H,4,5);1H;/q;;;+1/p-1. The van der Waals surface area contributed by atoms with Crippen LogP contribution in [0.4, 0.5) is 0 Å². The van der Waals surface area contributed by atoms with Crippen LogP contribution in [-0.2, 0) is 9.34 Å². The Morgan fingerprint density at radius 1 is 1.50 bits per heavy atom. The van der Waals surface area contributed by atoms with Crippen molar-refractivity contribution in [1.82, 2.24) is 0 Å². The van der Waals surface area contributed by atoms with Crippen molar-refractivity contribution in [2.45, 2.75) is 4.55 Å². The maximum absolute atomic E-state index is 9.25. The maximum Gasteiger partial charge on any atom is 0.505 e. The van der Waals surface area contributed by atoms with Gasteiger partial charge in [0.2, 0.25) is 0 Å². The molecule has 0 radical (unpaired) electrons. The first kappa shape index (κ1) is 13.5. The Kier molecular flexibility index (Phi) is 8.73. The normalized spacial score (nSPS) is 7.79. The van der Waals surface area contributed by atoms with E-state index in [1.165, 1.54) is 5.56 Å². The second kappa shape index (κ2) is 9.06. The average molecular weight is 223 g/mol. The van der Waals surface area contributed by atoms with Gasteiger partial charge >= 0.3 is 25.2 Å². The molecule has 1 aromatic carbocycles. The van der Waals surface area contributed by atoms with E-state index in [-0.39, 0.29) is 19.3 Å². The minimum absolute atomic E-state index is 0.312. The van der Waals surface area contributed by atoms with Gasteiger partial charge in [0.25, 0.3) is 0 Å². The van der Waals surface area contributed by atoms with E-state index < -0.39 is 5.97 Å². The zero-order valence-electron chi connectivity index (χ0n) is 7.82. The summed E-state index contributed by atoms with van der Waals surface area (Å²) in [7, 11) is 5.67. The highest BCUT2D eigenvalue weighted by Gasteiger charge is 1.91. The summed E-state index contributed by atoms with van der Waals surface area (Å²) >= 11 is -0.312. The average Bonchev–Trinajstić information content (AvgIpc) is 2.21. The number of rotatable bonds is 3. The molecule has 0 aliphatic heterocycles. The van der Waals surface area contributed by atoms with Crippen molar-refractivity contribution in [1.29, 1.82) is 0 Å². The molecular weight excluding hydrogens is 212 g/mol. The quantitative estimate of drug-likeness (QED) is 0.630. The molecule has 0 saturated carbocycles. The van der Waals surface area contributed by atoms with Gasteiger partial charge in [-0.15, -0.1) is 0 Å². The van der Waals surface area contributed by atoms with Crippen molar-refractivity contribution in [3.63, 3.8) is 0 Å². The van der Waals surface area contributed by atoms with Crippen molar-refractivity contribution >= 4 is 34.3 Å². The fraction of sp³-hybridized carbons (Fsp3) is 0.100. The Hall–Kier alpha value is -0.514. The summed E-state index contributed by atoms with van der Waals surface area (Å²) in [6, 6.07) is 10.4. The topological polar surface area (TPSA) is 37.3 Å². The molecule has 0 fully saturated rings. The molecule has 0 aliphatic carbocycles. The Labute approximate surface area is 97.1 Å². The maximum atomic E-state index is 9.25. The van der Waals surface area contributed by atoms with E-state index in [2.05, 4.69) is 30.8 Å². The monoisotopic (exact) mass is 222 g/mol. The fourth-order valence-corrected chi connectivity index (χ4v) is 1.96. The lowest BCUT2D eigenvalue weighted by atomic mass is 10.2. The summed E-state index contributed by atoms with van der Waals surface area (Å²) in [6.45, 7) is 2.96. The van der Waals surface area contributed by atoms with E-state index in [9.17, 15) is 4.79 Å². The molecule has 1 rings (SSSR count). The van der Waals surface area contributed by atoms with Gasteiger partial charge in [-0.05, 0) is 0 Å². The Bertz CT molecular complexity index is 275. The molecule has 0 heterocycles. The molecule has 0 aromatic heterocycles. The lowest BCUT2D eigenvalue weighted by molar-refractivity contribution is -0.131. The third kappa shape index (κ3) is 8.10. The van der Waals surface area contributed by atoms with Crippen molar-refractivity contribution in [3.8, 4) is 0 Å². The second-order valence-electron chi connectivity index (χ2n) is 2.47. The molecular formula is C10H11ClMgO2. The van der Waals surface area contributed by atoms with Crippen LogP contribution in [0.15, 0.2) is 43.0 Å². The predicted octanol–water partition coefficient (Wildman–Crippen LogP) is 2.30. The molecule has 0 bridgehead atoms. The highest BCUT2D eigenvalue weighted by atomic mass is 35.5. The first-order valence-electron chi connectivity index (χ1n) is 4.16.